The molecule has 2 aromatic carbocycles. The molecule has 0 fully saturated rings. The number of nitrogens with one attached hydrogen (secondary N) is 1. The monoisotopic (exact) mass is 243 g/mol. The van der Waals surface area contributed by atoms with Gasteiger partial charge in [0.1, 0.15) is 5.82 Å². The second-order valence-corrected chi connectivity index (χ2v) is 4.43. The molecule has 0 aliphatic rings. The van der Waals surface area contributed by atoms with Gasteiger partial charge in [0, 0.05) is 5.56 Å². The lowest BCUT2D eigenvalue weighted by Gasteiger charge is -2.20. The predicted molar refractivity (Wildman–Crippen MR) is 73.1 cm³/mol. The highest BCUT2D eigenvalue weighted by atomic mass is 19.1. The summed E-state index contributed by atoms with van der Waals surface area (Å²) in [6.07, 6.45) is 0. The molecule has 18 heavy (non-hydrogen) atoms. The fraction of sp³-hybridized carbons (Fsp3) is 0.250. The van der Waals surface area contributed by atoms with Crippen LogP contribution in [0.15, 0.2) is 48.5 Å². The molecule has 2 aromatic rings. The van der Waals surface area contributed by atoms with Crippen LogP contribution in [0.3, 0.4) is 0 Å². The summed E-state index contributed by atoms with van der Waals surface area (Å²) in [5, 5.41) is 3.34. The Morgan fingerprint density at radius 2 is 1.89 bits per heavy atom. The molecule has 0 aliphatic carbocycles. The van der Waals surface area contributed by atoms with Gasteiger partial charge in [-0.1, -0.05) is 55.0 Å². The van der Waals surface area contributed by atoms with Crippen LogP contribution in [0.4, 0.5) is 4.39 Å². The summed E-state index contributed by atoms with van der Waals surface area (Å²) in [5.41, 5.74) is 2.98. The van der Waals surface area contributed by atoms with E-state index in [4.69, 9.17) is 0 Å². The summed E-state index contributed by atoms with van der Waals surface area (Å²) in [4.78, 5) is 0. The number of rotatable bonds is 4. The van der Waals surface area contributed by atoms with E-state index in [0.717, 1.165) is 12.1 Å². The van der Waals surface area contributed by atoms with Gasteiger partial charge < -0.3 is 5.32 Å². The fourth-order valence-electron chi connectivity index (χ4n) is 2.17. The first-order valence-electron chi connectivity index (χ1n) is 6.26. The van der Waals surface area contributed by atoms with E-state index in [2.05, 4.69) is 11.4 Å². The maximum atomic E-state index is 13.9. The lowest BCUT2D eigenvalue weighted by atomic mass is 9.97. The van der Waals surface area contributed by atoms with Gasteiger partial charge in [0.2, 0.25) is 0 Å². The molecule has 0 bridgehead atoms. The van der Waals surface area contributed by atoms with Gasteiger partial charge in [-0.3, -0.25) is 0 Å². The highest BCUT2D eigenvalue weighted by molar-refractivity contribution is 5.34. The fourth-order valence-corrected chi connectivity index (χ4v) is 2.17. The third kappa shape index (κ3) is 2.77. The molecular weight excluding hydrogens is 225 g/mol. The Bertz CT molecular complexity index is 522. The lowest BCUT2D eigenvalue weighted by Crippen LogP contribution is -2.23. The van der Waals surface area contributed by atoms with E-state index in [1.165, 1.54) is 11.6 Å². The van der Waals surface area contributed by atoms with Crippen LogP contribution < -0.4 is 5.32 Å². The molecule has 0 heterocycles. The van der Waals surface area contributed by atoms with Crippen molar-refractivity contribution in [1.82, 2.24) is 5.32 Å². The van der Waals surface area contributed by atoms with Crippen LogP contribution >= 0.6 is 0 Å². The van der Waals surface area contributed by atoms with Crippen LogP contribution in [0.25, 0.3) is 0 Å². The minimum absolute atomic E-state index is 0.0869. The number of hydrogen-bond donors (Lipinski definition) is 1. The Balaban J connectivity index is 2.43. The highest BCUT2D eigenvalue weighted by Crippen LogP contribution is 2.24. The Kier molecular flexibility index (Phi) is 4.11. The maximum Gasteiger partial charge on any atom is 0.128 e. The Labute approximate surface area is 108 Å². The first kappa shape index (κ1) is 12.8. The van der Waals surface area contributed by atoms with Crippen molar-refractivity contribution in [2.75, 3.05) is 6.54 Å². The summed E-state index contributed by atoms with van der Waals surface area (Å²) in [6, 6.07) is 15.0. The number of aryl methyl sites for hydroxylation is 1. The van der Waals surface area contributed by atoms with Crippen molar-refractivity contribution in [2.45, 2.75) is 19.9 Å². The molecule has 0 amide bonds. The smallest absolute Gasteiger partial charge is 0.128 e. The maximum absolute atomic E-state index is 13.9. The third-order valence-electron chi connectivity index (χ3n) is 3.00. The van der Waals surface area contributed by atoms with Crippen molar-refractivity contribution >= 4 is 0 Å². The number of benzene rings is 2. The van der Waals surface area contributed by atoms with E-state index < -0.39 is 0 Å². The quantitative estimate of drug-likeness (QED) is 0.860. The second-order valence-electron chi connectivity index (χ2n) is 4.43. The highest BCUT2D eigenvalue weighted by Gasteiger charge is 2.16. The molecule has 0 radical (unpaired) electrons. The Hall–Kier alpha value is -1.67. The topological polar surface area (TPSA) is 12.0 Å². The molecule has 0 saturated carbocycles. The van der Waals surface area contributed by atoms with Crippen LogP contribution in [0.1, 0.15) is 29.7 Å². The van der Waals surface area contributed by atoms with Gasteiger partial charge in [-0.25, -0.2) is 4.39 Å². The van der Waals surface area contributed by atoms with Crippen LogP contribution in [0.2, 0.25) is 0 Å². The number of halogens is 1. The van der Waals surface area contributed by atoms with Gasteiger partial charge in [0.15, 0.2) is 0 Å². The van der Waals surface area contributed by atoms with Gasteiger partial charge in [-0.15, -0.1) is 0 Å². The normalized spacial score (nSPS) is 12.4. The molecule has 0 spiro atoms. The van der Waals surface area contributed by atoms with Gasteiger partial charge in [-0.05, 0) is 25.1 Å². The zero-order valence-electron chi connectivity index (χ0n) is 10.8. The lowest BCUT2D eigenvalue weighted by molar-refractivity contribution is 0.559. The summed E-state index contributed by atoms with van der Waals surface area (Å²) < 4.78 is 13.9. The summed E-state index contributed by atoms with van der Waals surface area (Å²) in [6.45, 7) is 4.88. The van der Waals surface area contributed by atoms with Crippen molar-refractivity contribution in [3.63, 3.8) is 0 Å². The molecule has 1 unspecified atom stereocenters. The molecule has 2 heteroatoms. The molecule has 0 aromatic heterocycles. The number of hydrogen-bond acceptors (Lipinski definition) is 1. The summed E-state index contributed by atoms with van der Waals surface area (Å²) in [7, 11) is 0. The molecule has 1 nitrogen and oxygen atoms in total. The molecule has 1 atom stereocenters. The first-order chi connectivity index (χ1) is 8.72. The molecular formula is C16H18FN. The van der Waals surface area contributed by atoms with E-state index in [1.54, 1.807) is 6.07 Å². The van der Waals surface area contributed by atoms with E-state index in [0.29, 0.717) is 5.56 Å². The van der Waals surface area contributed by atoms with Crippen molar-refractivity contribution in [1.29, 1.82) is 0 Å². The van der Waals surface area contributed by atoms with Crippen LogP contribution in [0.5, 0.6) is 0 Å². The van der Waals surface area contributed by atoms with Crippen LogP contribution in [0, 0.1) is 12.7 Å². The summed E-state index contributed by atoms with van der Waals surface area (Å²) >= 11 is 0. The minimum atomic E-state index is -0.162. The zero-order valence-corrected chi connectivity index (χ0v) is 10.8. The van der Waals surface area contributed by atoms with Gasteiger partial charge in [0.25, 0.3) is 0 Å². The largest absolute Gasteiger partial charge is 0.306 e. The van der Waals surface area contributed by atoms with Gasteiger partial charge in [-0.2, -0.15) is 0 Å². The van der Waals surface area contributed by atoms with Crippen LogP contribution in [-0.2, 0) is 0 Å². The standard InChI is InChI=1S/C16H18FN/c1-3-18-16(13-8-6-7-12(2)11-13)14-9-4-5-10-15(14)17/h4-11,16,18H,3H2,1-2H3. The van der Waals surface area contributed by atoms with Gasteiger partial charge in [0.05, 0.1) is 6.04 Å². The molecule has 1 N–H and O–H groups in total. The Morgan fingerprint density at radius 3 is 2.56 bits per heavy atom. The third-order valence-corrected chi connectivity index (χ3v) is 3.00. The molecule has 94 valence electrons. The average molecular weight is 243 g/mol. The summed E-state index contributed by atoms with van der Waals surface area (Å²) in [5.74, 6) is -0.162. The second kappa shape index (κ2) is 5.78. The van der Waals surface area contributed by atoms with Crippen molar-refractivity contribution < 1.29 is 4.39 Å². The molecule has 0 aliphatic heterocycles. The zero-order chi connectivity index (χ0) is 13.0. The van der Waals surface area contributed by atoms with Crippen molar-refractivity contribution in [3.8, 4) is 0 Å². The van der Waals surface area contributed by atoms with E-state index in [9.17, 15) is 4.39 Å². The minimum Gasteiger partial charge on any atom is -0.306 e. The van der Waals surface area contributed by atoms with E-state index >= 15 is 0 Å². The van der Waals surface area contributed by atoms with E-state index in [1.807, 2.05) is 44.2 Å². The van der Waals surface area contributed by atoms with Crippen LogP contribution in [-0.4, -0.2) is 6.54 Å². The predicted octanol–water partition coefficient (Wildman–Crippen LogP) is 3.83. The molecule has 0 saturated heterocycles. The van der Waals surface area contributed by atoms with Crippen molar-refractivity contribution in [2.24, 2.45) is 0 Å². The average Bonchev–Trinajstić information content (AvgIpc) is 2.37. The van der Waals surface area contributed by atoms with Crippen molar-refractivity contribution in [3.05, 3.63) is 71.0 Å². The van der Waals surface area contributed by atoms with E-state index in [-0.39, 0.29) is 11.9 Å². The molecule has 2 rings (SSSR count). The first-order valence-corrected chi connectivity index (χ1v) is 6.26. The van der Waals surface area contributed by atoms with Gasteiger partial charge >= 0.3 is 0 Å². The Morgan fingerprint density at radius 1 is 1.11 bits per heavy atom. The SMILES string of the molecule is CCNC(c1cccc(C)c1)c1ccccc1F.